The van der Waals surface area contributed by atoms with Gasteiger partial charge < -0.3 is 5.73 Å². The molecule has 0 aliphatic heterocycles. The van der Waals surface area contributed by atoms with E-state index >= 15 is 0 Å². The molecular formula is C7H7BrN2S. The molecule has 0 aromatic carbocycles. The molecule has 1 heterocycles. The fourth-order valence-electron chi connectivity index (χ4n) is 0.542. The van der Waals surface area contributed by atoms with Gasteiger partial charge in [0.2, 0.25) is 0 Å². The molecule has 2 nitrogen and oxygen atoms in total. The molecule has 0 fully saturated rings. The molecule has 0 radical (unpaired) electrons. The Morgan fingerprint density at radius 2 is 2.55 bits per heavy atom. The van der Waals surface area contributed by atoms with Gasteiger partial charge in [-0.25, -0.2) is 4.98 Å². The smallest absolute Gasteiger partial charge is 0.181 e. The SMILES string of the molecule is Nc1ncc(C#CCCBr)s1. The highest BCUT2D eigenvalue weighted by Crippen LogP contribution is 2.12. The topological polar surface area (TPSA) is 38.9 Å². The van der Waals surface area contributed by atoms with Crippen molar-refractivity contribution in [3.63, 3.8) is 0 Å². The first-order valence-corrected chi connectivity index (χ1v) is 5.03. The molecule has 0 aliphatic rings. The number of alkyl halides is 1. The summed E-state index contributed by atoms with van der Waals surface area (Å²) >= 11 is 4.70. The van der Waals surface area contributed by atoms with Gasteiger partial charge in [0.15, 0.2) is 5.13 Å². The molecule has 0 atom stereocenters. The lowest BCUT2D eigenvalue weighted by atomic mass is 10.4. The van der Waals surface area contributed by atoms with E-state index in [1.165, 1.54) is 11.3 Å². The van der Waals surface area contributed by atoms with Crippen molar-refractivity contribution in [2.24, 2.45) is 0 Å². The summed E-state index contributed by atoms with van der Waals surface area (Å²) in [4.78, 5) is 4.81. The number of nitrogens with zero attached hydrogens (tertiary/aromatic N) is 1. The molecule has 2 N–H and O–H groups in total. The van der Waals surface area contributed by atoms with E-state index in [0.29, 0.717) is 5.13 Å². The highest BCUT2D eigenvalue weighted by atomic mass is 79.9. The lowest BCUT2D eigenvalue weighted by Crippen LogP contribution is -1.77. The van der Waals surface area contributed by atoms with Crippen LogP contribution in [-0.4, -0.2) is 10.3 Å². The van der Waals surface area contributed by atoms with E-state index in [1.54, 1.807) is 6.20 Å². The highest BCUT2D eigenvalue weighted by molar-refractivity contribution is 9.09. The molecule has 4 heteroatoms. The number of hydrogen-bond donors (Lipinski definition) is 1. The first kappa shape index (κ1) is 8.57. The Labute approximate surface area is 78.0 Å². The van der Waals surface area contributed by atoms with E-state index < -0.39 is 0 Å². The average Bonchev–Trinajstić information content (AvgIpc) is 2.37. The summed E-state index contributed by atoms with van der Waals surface area (Å²) in [6, 6.07) is 0. The maximum absolute atomic E-state index is 5.41. The fourth-order valence-corrected chi connectivity index (χ4v) is 1.30. The summed E-state index contributed by atoms with van der Waals surface area (Å²) in [5.41, 5.74) is 5.41. The van der Waals surface area contributed by atoms with Crippen LogP contribution >= 0.6 is 27.3 Å². The van der Waals surface area contributed by atoms with Gasteiger partial charge >= 0.3 is 0 Å². The number of anilines is 1. The molecule has 11 heavy (non-hydrogen) atoms. The van der Waals surface area contributed by atoms with E-state index in [-0.39, 0.29) is 0 Å². The number of rotatable bonds is 1. The minimum absolute atomic E-state index is 0.577. The summed E-state index contributed by atoms with van der Waals surface area (Å²) < 4.78 is 0. The van der Waals surface area contributed by atoms with Gasteiger partial charge in [-0.2, -0.15) is 0 Å². The van der Waals surface area contributed by atoms with Crippen LogP contribution in [-0.2, 0) is 0 Å². The van der Waals surface area contributed by atoms with Crippen LogP contribution < -0.4 is 5.73 Å². The molecule has 0 spiro atoms. The van der Waals surface area contributed by atoms with Crippen LogP contribution in [0.15, 0.2) is 6.20 Å². The van der Waals surface area contributed by atoms with Crippen molar-refractivity contribution in [2.45, 2.75) is 6.42 Å². The lowest BCUT2D eigenvalue weighted by Gasteiger charge is -1.76. The Balaban J connectivity index is 2.59. The minimum atomic E-state index is 0.577. The van der Waals surface area contributed by atoms with Gasteiger partial charge in [-0.1, -0.05) is 39.1 Å². The lowest BCUT2D eigenvalue weighted by molar-refractivity contribution is 1.32. The number of aromatic nitrogens is 1. The third-order valence-corrected chi connectivity index (χ3v) is 2.09. The number of thiazole rings is 1. The van der Waals surface area contributed by atoms with Crippen molar-refractivity contribution < 1.29 is 0 Å². The number of nitrogen functional groups attached to an aromatic ring is 1. The number of halogens is 1. The first-order chi connectivity index (χ1) is 5.33. The summed E-state index contributed by atoms with van der Waals surface area (Å²) in [6.45, 7) is 0. The third-order valence-electron chi connectivity index (χ3n) is 0.955. The van der Waals surface area contributed by atoms with Gasteiger partial charge in [-0.3, -0.25) is 0 Å². The van der Waals surface area contributed by atoms with E-state index in [9.17, 15) is 0 Å². The fraction of sp³-hybridized carbons (Fsp3) is 0.286. The zero-order chi connectivity index (χ0) is 8.10. The number of hydrogen-bond acceptors (Lipinski definition) is 3. The van der Waals surface area contributed by atoms with Crippen molar-refractivity contribution in [2.75, 3.05) is 11.1 Å². The molecule has 1 aromatic heterocycles. The monoisotopic (exact) mass is 230 g/mol. The van der Waals surface area contributed by atoms with Crippen molar-refractivity contribution >= 4 is 32.4 Å². The van der Waals surface area contributed by atoms with Crippen molar-refractivity contribution in [1.82, 2.24) is 4.98 Å². The Bertz CT molecular complexity index is 284. The predicted octanol–water partition coefficient (Wildman–Crippen LogP) is 1.86. The summed E-state index contributed by atoms with van der Waals surface area (Å²) in [5.74, 6) is 5.95. The van der Waals surface area contributed by atoms with Crippen LogP contribution in [0.5, 0.6) is 0 Å². The Morgan fingerprint density at radius 3 is 3.09 bits per heavy atom. The molecule has 0 bridgehead atoms. The van der Waals surface area contributed by atoms with E-state index in [1.807, 2.05) is 0 Å². The molecule has 0 saturated carbocycles. The van der Waals surface area contributed by atoms with Crippen LogP contribution in [0.25, 0.3) is 0 Å². The van der Waals surface area contributed by atoms with Gasteiger partial charge in [0.25, 0.3) is 0 Å². The maximum Gasteiger partial charge on any atom is 0.181 e. The molecule has 58 valence electrons. The van der Waals surface area contributed by atoms with Crippen LogP contribution in [0.4, 0.5) is 5.13 Å². The molecule has 1 aromatic rings. The second kappa shape index (κ2) is 4.37. The quantitative estimate of drug-likeness (QED) is 0.591. The summed E-state index contributed by atoms with van der Waals surface area (Å²) in [7, 11) is 0. The number of nitrogens with two attached hydrogens (primary N) is 1. The van der Waals surface area contributed by atoms with Gasteiger partial charge in [0, 0.05) is 11.8 Å². The van der Waals surface area contributed by atoms with Crippen molar-refractivity contribution in [3.8, 4) is 11.8 Å². The molecular weight excluding hydrogens is 224 g/mol. The first-order valence-electron chi connectivity index (χ1n) is 3.09. The summed E-state index contributed by atoms with van der Waals surface area (Å²) in [5, 5.41) is 1.49. The van der Waals surface area contributed by atoms with Crippen molar-refractivity contribution in [1.29, 1.82) is 0 Å². The van der Waals surface area contributed by atoms with E-state index in [0.717, 1.165) is 16.6 Å². The second-order valence-electron chi connectivity index (χ2n) is 1.80. The molecule has 0 amide bonds. The molecule has 0 saturated heterocycles. The van der Waals surface area contributed by atoms with E-state index in [2.05, 4.69) is 32.8 Å². The Kier molecular flexibility index (Phi) is 3.40. The van der Waals surface area contributed by atoms with Gasteiger partial charge in [0.1, 0.15) is 0 Å². The highest BCUT2D eigenvalue weighted by Gasteiger charge is 1.91. The third kappa shape index (κ3) is 2.91. The molecule has 0 aliphatic carbocycles. The van der Waals surface area contributed by atoms with E-state index in [4.69, 9.17) is 5.73 Å². The molecule has 1 rings (SSSR count). The standard InChI is InChI=1S/C7H7BrN2S/c8-4-2-1-3-6-5-10-7(9)11-6/h5H,2,4H2,(H2,9,10). The van der Waals surface area contributed by atoms with Gasteiger partial charge in [-0.05, 0) is 0 Å². The Morgan fingerprint density at radius 1 is 1.73 bits per heavy atom. The zero-order valence-electron chi connectivity index (χ0n) is 5.80. The Hall–Kier alpha value is -0.530. The van der Waals surface area contributed by atoms with Crippen LogP contribution in [0.3, 0.4) is 0 Å². The summed E-state index contributed by atoms with van der Waals surface area (Å²) in [6.07, 6.45) is 2.55. The minimum Gasteiger partial charge on any atom is -0.375 e. The van der Waals surface area contributed by atoms with Gasteiger partial charge in [0.05, 0.1) is 11.1 Å². The second-order valence-corrected chi connectivity index (χ2v) is 3.66. The van der Waals surface area contributed by atoms with Crippen LogP contribution in [0.1, 0.15) is 11.3 Å². The largest absolute Gasteiger partial charge is 0.375 e. The molecule has 0 unspecified atom stereocenters. The maximum atomic E-state index is 5.41. The predicted molar refractivity (Wildman–Crippen MR) is 51.8 cm³/mol. The van der Waals surface area contributed by atoms with Gasteiger partial charge in [-0.15, -0.1) is 0 Å². The average molecular weight is 231 g/mol. The normalized spacial score (nSPS) is 8.82. The van der Waals surface area contributed by atoms with Crippen molar-refractivity contribution in [3.05, 3.63) is 11.1 Å². The van der Waals surface area contributed by atoms with Crippen LogP contribution in [0, 0.1) is 11.8 Å². The zero-order valence-corrected chi connectivity index (χ0v) is 8.20. The van der Waals surface area contributed by atoms with Crippen LogP contribution in [0.2, 0.25) is 0 Å².